The maximum Gasteiger partial charge on any atom is 0.271 e. The fourth-order valence-electron chi connectivity index (χ4n) is 3.70. The summed E-state index contributed by atoms with van der Waals surface area (Å²) in [5.41, 5.74) is 4.45. The number of nitrogens with zero attached hydrogens (tertiary/aromatic N) is 1. The van der Waals surface area contributed by atoms with E-state index in [1.807, 2.05) is 54.7 Å². The lowest BCUT2D eigenvalue weighted by Crippen LogP contribution is -2.19. The third-order valence-electron chi connectivity index (χ3n) is 5.20. The van der Waals surface area contributed by atoms with Crippen LogP contribution in [0.4, 0.5) is 0 Å². The molecule has 1 saturated carbocycles. The van der Waals surface area contributed by atoms with E-state index in [1.54, 1.807) is 11.8 Å². The van der Waals surface area contributed by atoms with Crippen LogP contribution in [-0.4, -0.2) is 12.1 Å². The summed E-state index contributed by atoms with van der Waals surface area (Å²) in [4.78, 5) is 13.4. The highest BCUT2D eigenvalue weighted by Gasteiger charge is 2.34. The molecule has 5 heteroatoms. The molecule has 2 aliphatic rings. The molecule has 138 valence electrons. The number of hydrogen-bond donors (Lipinski definition) is 1. The van der Waals surface area contributed by atoms with E-state index >= 15 is 0 Å². The van der Waals surface area contributed by atoms with Crippen molar-refractivity contribution in [2.75, 3.05) is 0 Å². The van der Waals surface area contributed by atoms with Gasteiger partial charge in [-0.1, -0.05) is 35.9 Å². The Morgan fingerprint density at radius 1 is 1.11 bits per heavy atom. The zero-order valence-corrected chi connectivity index (χ0v) is 16.4. The number of halogens is 1. The predicted molar refractivity (Wildman–Crippen MR) is 112 cm³/mol. The smallest absolute Gasteiger partial charge is 0.267 e. The van der Waals surface area contributed by atoms with Crippen LogP contribution in [0.1, 0.15) is 28.8 Å². The number of benzene rings is 2. The first kappa shape index (κ1) is 18.3. The van der Waals surface area contributed by atoms with Crippen LogP contribution in [0.15, 0.2) is 70.7 Å². The van der Waals surface area contributed by atoms with Crippen LogP contribution in [0.3, 0.4) is 0 Å². The SMILES string of the molecule is O=C(N/N=C\[C@H]1C[C@H]2C=C[C@H]1C2)c1ccc(CSc2ccc(Cl)cc2)cc1. The Labute approximate surface area is 168 Å². The molecule has 3 nitrogen and oxygen atoms in total. The van der Waals surface area contributed by atoms with Gasteiger partial charge in [0.2, 0.25) is 0 Å². The third-order valence-corrected chi connectivity index (χ3v) is 6.53. The number of thioether (sulfide) groups is 1. The molecule has 0 unspecified atom stereocenters. The molecule has 0 heterocycles. The van der Waals surface area contributed by atoms with E-state index in [1.165, 1.54) is 16.9 Å². The van der Waals surface area contributed by atoms with Crippen LogP contribution in [-0.2, 0) is 5.75 Å². The summed E-state index contributed by atoms with van der Waals surface area (Å²) in [5.74, 6) is 2.46. The van der Waals surface area contributed by atoms with E-state index < -0.39 is 0 Å². The average molecular weight is 397 g/mol. The van der Waals surface area contributed by atoms with Crippen molar-refractivity contribution in [1.29, 1.82) is 0 Å². The normalized spacial score (nSPS) is 23.2. The molecule has 0 saturated heterocycles. The van der Waals surface area contributed by atoms with E-state index in [-0.39, 0.29) is 5.91 Å². The van der Waals surface area contributed by atoms with Gasteiger partial charge in [-0.2, -0.15) is 5.10 Å². The lowest BCUT2D eigenvalue weighted by Gasteiger charge is -2.11. The van der Waals surface area contributed by atoms with Gasteiger partial charge in [-0.3, -0.25) is 4.79 Å². The van der Waals surface area contributed by atoms with Crippen molar-refractivity contribution in [1.82, 2.24) is 5.43 Å². The van der Waals surface area contributed by atoms with Crippen LogP contribution >= 0.6 is 23.4 Å². The highest BCUT2D eigenvalue weighted by atomic mass is 35.5. The molecule has 3 atom stereocenters. The Morgan fingerprint density at radius 2 is 1.89 bits per heavy atom. The van der Waals surface area contributed by atoms with Crippen LogP contribution < -0.4 is 5.43 Å². The van der Waals surface area contributed by atoms with Gasteiger partial charge in [0, 0.05) is 33.4 Å². The predicted octanol–water partition coefficient (Wildman–Crippen LogP) is 5.56. The second kappa shape index (κ2) is 8.32. The Bertz CT molecular complexity index is 861. The van der Waals surface area contributed by atoms with Crippen LogP contribution in [0, 0.1) is 17.8 Å². The van der Waals surface area contributed by atoms with Gasteiger partial charge in [0.15, 0.2) is 0 Å². The molecule has 2 aromatic carbocycles. The summed E-state index contributed by atoms with van der Waals surface area (Å²) in [6.07, 6.45) is 8.89. The van der Waals surface area contributed by atoms with Gasteiger partial charge in [0.25, 0.3) is 5.91 Å². The number of carbonyl (C=O) groups excluding carboxylic acids is 1. The number of hydrogen-bond acceptors (Lipinski definition) is 3. The first-order chi connectivity index (χ1) is 13.2. The molecular weight excluding hydrogens is 376 g/mol. The number of nitrogens with one attached hydrogen (secondary N) is 1. The molecule has 0 aromatic heterocycles. The standard InChI is InChI=1S/C22H21ClN2OS/c23-20-7-9-21(10-8-20)27-14-15-1-4-17(5-2-15)22(26)25-24-13-19-12-16-3-6-18(19)11-16/h1-10,13,16,18-19H,11-12,14H2,(H,25,26)/b24-13-/t16-,18-,19+/m0/s1. The molecule has 0 spiro atoms. The molecule has 1 fully saturated rings. The van der Waals surface area contributed by atoms with Gasteiger partial charge < -0.3 is 0 Å². The van der Waals surface area contributed by atoms with E-state index in [4.69, 9.17) is 11.6 Å². The highest BCUT2D eigenvalue weighted by molar-refractivity contribution is 7.98. The van der Waals surface area contributed by atoms with Crippen LogP contribution in [0.5, 0.6) is 0 Å². The summed E-state index contributed by atoms with van der Waals surface area (Å²) in [6.45, 7) is 0. The van der Waals surface area contributed by atoms with Crippen molar-refractivity contribution < 1.29 is 4.79 Å². The van der Waals surface area contributed by atoms with Gasteiger partial charge in [-0.25, -0.2) is 5.43 Å². The third kappa shape index (κ3) is 4.63. The molecule has 27 heavy (non-hydrogen) atoms. The van der Waals surface area contributed by atoms with E-state index in [9.17, 15) is 4.79 Å². The summed E-state index contributed by atoms with van der Waals surface area (Å²) in [7, 11) is 0. The lowest BCUT2D eigenvalue weighted by molar-refractivity contribution is 0.0955. The Kier molecular flexibility index (Phi) is 5.65. The van der Waals surface area contributed by atoms with Crippen molar-refractivity contribution in [3.8, 4) is 0 Å². The first-order valence-corrected chi connectivity index (χ1v) is 10.5. The van der Waals surface area contributed by atoms with Crippen LogP contribution in [0.25, 0.3) is 0 Å². The van der Waals surface area contributed by atoms with Crippen molar-refractivity contribution in [3.63, 3.8) is 0 Å². The maximum absolute atomic E-state index is 12.2. The number of carbonyl (C=O) groups is 1. The maximum atomic E-state index is 12.2. The molecule has 2 aromatic rings. The van der Waals surface area contributed by atoms with Crippen LogP contribution in [0.2, 0.25) is 5.02 Å². The molecule has 1 N–H and O–H groups in total. The zero-order chi connectivity index (χ0) is 18.6. The van der Waals surface area contributed by atoms with Gasteiger partial charge in [-0.05, 0) is 66.6 Å². The van der Waals surface area contributed by atoms with Crippen molar-refractivity contribution in [2.45, 2.75) is 23.5 Å². The zero-order valence-electron chi connectivity index (χ0n) is 14.8. The van der Waals surface area contributed by atoms with E-state index in [0.717, 1.165) is 17.2 Å². The molecule has 2 aliphatic carbocycles. The minimum absolute atomic E-state index is 0.165. The fraction of sp³-hybridized carbons (Fsp3) is 0.273. The molecule has 0 aliphatic heterocycles. The average Bonchev–Trinajstić information content (AvgIpc) is 3.31. The summed E-state index contributed by atoms with van der Waals surface area (Å²) in [6, 6.07) is 15.5. The van der Waals surface area contributed by atoms with Gasteiger partial charge in [0.1, 0.15) is 0 Å². The van der Waals surface area contributed by atoms with Crippen molar-refractivity contribution >= 4 is 35.5 Å². The summed E-state index contributed by atoms with van der Waals surface area (Å²) in [5, 5.41) is 4.93. The minimum atomic E-state index is -0.165. The number of allylic oxidation sites excluding steroid dienone is 2. The molecule has 2 bridgehead atoms. The van der Waals surface area contributed by atoms with E-state index in [2.05, 4.69) is 22.7 Å². The summed E-state index contributed by atoms with van der Waals surface area (Å²) >= 11 is 7.65. The molecule has 0 radical (unpaired) electrons. The van der Waals surface area contributed by atoms with Gasteiger partial charge >= 0.3 is 0 Å². The Balaban J connectivity index is 1.27. The first-order valence-electron chi connectivity index (χ1n) is 9.16. The van der Waals surface area contributed by atoms with Gasteiger partial charge in [-0.15, -0.1) is 11.8 Å². The lowest BCUT2D eigenvalue weighted by atomic mass is 9.95. The number of rotatable bonds is 6. The van der Waals surface area contributed by atoms with Crippen molar-refractivity contribution in [3.05, 3.63) is 76.8 Å². The van der Waals surface area contributed by atoms with Gasteiger partial charge in [0.05, 0.1) is 0 Å². The monoisotopic (exact) mass is 396 g/mol. The van der Waals surface area contributed by atoms with E-state index in [0.29, 0.717) is 23.3 Å². The second-order valence-electron chi connectivity index (χ2n) is 7.10. The fourth-order valence-corrected chi connectivity index (χ4v) is 4.68. The largest absolute Gasteiger partial charge is 0.271 e. The minimum Gasteiger partial charge on any atom is -0.267 e. The number of amides is 1. The topological polar surface area (TPSA) is 41.5 Å². The molecule has 4 rings (SSSR count). The number of fused-ring (bicyclic) bond motifs is 2. The number of hydrazone groups is 1. The highest BCUT2D eigenvalue weighted by Crippen LogP contribution is 2.42. The quantitative estimate of drug-likeness (QED) is 0.300. The molecular formula is C22H21ClN2OS. The summed E-state index contributed by atoms with van der Waals surface area (Å²) < 4.78 is 0. The Hall–Kier alpha value is -2.04. The second-order valence-corrected chi connectivity index (χ2v) is 8.59. The Morgan fingerprint density at radius 3 is 2.56 bits per heavy atom. The van der Waals surface area contributed by atoms with Crippen molar-refractivity contribution in [2.24, 2.45) is 22.9 Å². The molecule has 1 amide bonds.